The molecule has 0 spiro atoms. The fourth-order valence-electron chi connectivity index (χ4n) is 2.16. The molecule has 122 valence electrons. The van der Waals surface area contributed by atoms with Crippen molar-refractivity contribution < 1.29 is 13.9 Å². The van der Waals surface area contributed by atoms with E-state index in [1.54, 1.807) is 19.2 Å². The Morgan fingerprint density at radius 3 is 2.57 bits per heavy atom. The lowest BCUT2D eigenvalue weighted by atomic mass is 10.1. The van der Waals surface area contributed by atoms with Crippen LogP contribution in [0.3, 0.4) is 0 Å². The molecule has 2 rings (SSSR count). The van der Waals surface area contributed by atoms with Crippen LogP contribution in [-0.4, -0.2) is 26.2 Å². The third-order valence-corrected chi connectivity index (χ3v) is 3.28. The first-order chi connectivity index (χ1) is 11.2. The van der Waals surface area contributed by atoms with Crippen LogP contribution in [0.4, 0.5) is 15.8 Å². The molecular formula is C18H21FN2O2. The zero-order valence-corrected chi connectivity index (χ0v) is 13.1. The van der Waals surface area contributed by atoms with Crippen molar-refractivity contribution in [3.8, 4) is 0 Å². The molecule has 0 heterocycles. The number of rotatable bonds is 8. The molecule has 2 aromatic carbocycles. The zero-order valence-electron chi connectivity index (χ0n) is 13.1. The molecule has 0 saturated carbocycles. The van der Waals surface area contributed by atoms with Gasteiger partial charge in [0.25, 0.3) is 0 Å². The van der Waals surface area contributed by atoms with Gasteiger partial charge in [0.2, 0.25) is 5.91 Å². The summed E-state index contributed by atoms with van der Waals surface area (Å²) >= 11 is 0. The van der Waals surface area contributed by atoms with Gasteiger partial charge in [-0.3, -0.25) is 4.79 Å². The zero-order chi connectivity index (χ0) is 16.5. The van der Waals surface area contributed by atoms with Crippen molar-refractivity contribution in [3.63, 3.8) is 0 Å². The van der Waals surface area contributed by atoms with Gasteiger partial charge in [0.05, 0.1) is 6.42 Å². The van der Waals surface area contributed by atoms with Crippen LogP contribution in [0.15, 0.2) is 48.5 Å². The van der Waals surface area contributed by atoms with Crippen LogP contribution in [0.1, 0.15) is 12.0 Å². The Morgan fingerprint density at radius 2 is 1.87 bits per heavy atom. The highest BCUT2D eigenvalue weighted by atomic mass is 19.1. The first-order valence-electron chi connectivity index (χ1n) is 7.54. The number of hydrogen-bond donors (Lipinski definition) is 2. The van der Waals surface area contributed by atoms with E-state index in [0.717, 1.165) is 25.3 Å². The van der Waals surface area contributed by atoms with Crippen LogP contribution in [0.25, 0.3) is 0 Å². The van der Waals surface area contributed by atoms with Gasteiger partial charge < -0.3 is 15.4 Å². The van der Waals surface area contributed by atoms with Crippen molar-refractivity contribution in [2.45, 2.75) is 12.8 Å². The molecule has 2 aromatic rings. The largest absolute Gasteiger partial charge is 0.385 e. The summed E-state index contributed by atoms with van der Waals surface area (Å²) in [4.78, 5) is 12.0. The smallest absolute Gasteiger partial charge is 0.228 e. The second kappa shape index (κ2) is 8.90. The van der Waals surface area contributed by atoms with E-state index >= 15 is 0 Å². The molecule has 23 heavy (non-hydrogen) atoms. The van der Waals surface area contributed by atoms with Gasteiger partial charge >= 0.3 is 0 Å². The molecule has 0 aromatic heterocycles. The maximum absolute atomic E-state index is 13.1. The lowest BCUT2D eigenvalue weighted by molar-refractivity contribution is -0.115. The summed E-state index contributed by atoms with van der Waals surface area (Å²) in [5, 5.41) is 6.08. The Balaban J connectivity index is 1.81. The van der Waals surface area contributed by atoms with Crippen molar-refractivity contribution in [2.24, 2.45) is 0 Å². The Bertz CT molecular complexity index is 629. The third-order valence-electron chi connectivity index (χ3n) is 3.28. The average Bonchev–Trinajstić information content (AvgIpc) is 2.53. The number of ether oxygens (including phenoxy) is 1. The normalized spacial score (nSPS) is 10.3. The van der Waals surface area contributed by atoms with E-state index in [1.165, 1.54) is 12.1 Å². The highest BCUT2D eigenvalue weighted by Crippen LogP contribution is 2.14. The lowest BCUT2D eigenvalue weighted by Crippen LogP contribution is -2.14. The maximum Gasteiger partial charge on any atom is 0.228 e. The molecule has 2 N–H and O–H groups in total. The lowest BCUT2D eigenvalue weighted by Gasteiger charge is -2.09. The van der Waals surface area contributed by atoms with E-state index in [1.807, 2.05) is 24.3 Å². The second-order valence-corrected chi connectivity index (χ2v) is 5.21. The van der Waals surface area contributed by atoms with Gasteiger partial charge in [-0.25, -0.2) is 4.39 Å². The van der Waals surface area contributed by atoms with Gasteiger partial charge in [0.15, 0.2) is 0 Å². The molecule has 0 unspecified atom stereocenters. The highest BCUT2D eigenvalue weighted by molar-refractivity contribution is 5.92. The average molecular weight is 316 g/mol. The van der Waals surface area contributed by atoms with Crippen molar-refractivity contribution in [2.75, 3.05) is 30.9 Å². The Hall–Kier alpha value is -2.40. The van der Waals surface area contributed by atoms with E-state index < -0.39 is 0 Å². The number of carbonyl (C=O) groups excluding carboxylic acids is 1. The first-order valence-corrected chi connectivity index (χ1v) is 7.54. The number of carbonyl (C=O) groups is 1. The molecule has 1 amide bonds. The Labute approximate surface area is 135 Å². The molecule has 5 heteroatoms. The number of methoxy groups -OCH3 is 1. The summed E-state index contributed by atoms with van der Waals surface area (Å²) < 4.78 is 18.1. The number of amides is 1. The molecule has 0 aliphatic rings. The quantitative estimate of drug-likeness (QED) is 0.733. The molecule has 0 bridgehead atoms. The summed E-state index contributed by atoms with van der Waals surface area (Å²) in [5.41, 5.74) is 2.36. The number of nitrogens with one attached hydrogen (secondary N) is 2. The van der Waals surface area contributed by atoms with Crippen molar-refractivity contribution in [1.82, 2.24) is 0 Å². The van der Waals surface area contributed by atoms with Crippen LogP contribution in [0.5, 0.6) is 0 Å². The molecule has 0 saturated heterocycles. The summed E-state index contributed by atoms with van der Waals surface area (Å²) in [6, 6.07) is 13.5. The minimum absolute atomic E-state index is 0.148. The SMILES string of the molecule is COCCCNc1ccc(NC(=O)Cc2cccc(F)c2)cc1. The van der Waals surface area contributed by atoms with E-state index in [4.69, 9.17) is 4.74 Å². The summed E-state index contributed by atoms with van der Waals surface area (Å²) in [7, 11) is 1.68. The van der Waals surface area contributed by atoms with Crippen LogP contribution >= 0.6 is 0 Å². The number of hydrogen-bond acceptors (Lipinski definition) is 3. The first kappa shape index (κ1) is 17.0. The van der Waals surface area contributed by atoms with Gasteiger partial charge in [0.1, 0.15) is 5.82 Å². The number of benzene rings is 2. The van der Waals surface area contributed by atoms with Crippen LogP contribution < -0.4 is 10.6 Å². The molecule has 0 radical (unpaired) electrons. The van der Waals surface area contributed by atoms with E-state index in [2.05, 4.69) is 10.6 Å². The molecular weight excluding hydrogens is 295 g/mol. The van der Waals surface area contributed by atoms with Crippen LogP contribution in [0.2, 0.25) is 0 Å². The molecule has 0 fully saturated rings. The highest BCUT2D eigenvalue weighted by Gasteiger charge is 2.05. The third kappa shape index (κ3) is 6.08. The second-order valence-electron chi connectivity index (χ2n) is 5.21. The van der Waals surface area contributed by atoms with Crippen LogP contribution in [-0.2, 0) is 16.0 Å². The van der Waals surface area contributed by atoms with E-state index in [9.17, 15) is 9.18 Å². The van der Waals surface area contributed by atoms with Crippen molar-refractivity contribution >= 4 is 17.3 Å². The van der Waals surface area contributed by atoms with E-state index in [-0.39, 0.29) is 18.1 Å². The van der Waals surface area contributed by atoms with Crippen molar-refractivity contribution in [1.29, 1.82) is 0 Å². The van der Waals surface area contributed by atoms with Crippen molar-refractivity contribution in [3.05, 3.63) is 59.9 Å². The standard InChI is InChI=1S/C18H21FN2O2/c1-23-11-3-10-20-16-6-8-17(9-7-16)21-18(22)13-14-4-2-5-15(19)12-14/h2,4-9,12,20H,3,10-11,13H2,1H3,(H,21,22). The minimum atomic E-state index is -0.334. The fourth-order valence-corrected chi connectivity index (χ4v) is 2.16. The minimum Gasteiger partial charge on any atom is -0.385 e. The number of halogens is 1. The number of anilines is 2. The Kier molecular flexibility index (Phi) is 6.56. The Morgan fingerprint density at radius 1 is 1.13 bits per heavy atom. The summed E-state index contributed by atoms with van der Waals surface area (Å²) in [6.45, 7) is 1.56. The molecule has 0 aliphatic carbocycles. The fraction of sp³-hybridized carbons (Fsp3) is 0.278. The van der Waals surface area contributed by atoms with E-state index in [0.29, 0.717) is 11.3 Å². The van der Waals surface area contributed by atoms with Gasteiger partial charge in [-0.05, 0) is 48.4 Å². The van der Waals surface area contributed by atoms with Crippen LogP contribution in [0, 0.1) is 5.82 Å². The topological polar surface area (TPSA) is 50.4 Å². The molecule has 4 nitrogen and oxygen atoms in total. The molecule has 0 aliphatic heterocycles. The summed E-state index contributed by atoms with van der Waals surface area (Å²) in [6.07, 6.45) is 1.08. The monoisotopic (exact) mass is 316 g/mol. The predicted octanol–water partition coefficient (Wildman–Crippen LogP) is 3.46. The maximum atomic E-state index is 13.1. The summed E-state index contributed by atoms with van der Waals surface area (Å²) in [5.74, 6) is -0.504. The van der Waals surface area contributed by atoms with Gasteiger partial charge in [-0.2, -0.15) is 0 Å². The molecule has 0 atom stereocenters. The van der Waals surface area contributed by atoms with Gasteiger partial charge in [-0.1, -0.05) is 12.1 Å². The van der Waals surface area contributed by atoms with Gasteiger partial charge in [-0.15, -0.1) is 0 Å². The van der Waals surface area contributed by atoms with Gasteiger partial charge in [0, 0.05) is 31.6 Å². The predicted molar refractivity (Wildman–Crippen MR) is 90.2 cm³/mol.